The topological polar surface area (TPSA) is 88.6 Å². The number of carbonyl (C=O) groups excluding carboxylic acids is 3. The minimum atomic E-state index is -1.01. The second-order valence-corrected chi connectivity index (χ2v) is 5.89. The van der Waals surface area contributed by atoms with Gasteiger partial charge in [0.2, 0.25) is 5.91 Å². The molecule has 0 aliphatic carbocycles. The molecule has 1 heterocycles. The molecule has 1 N–H and O–H groups in total. The lowest BCUT2D eigenvalue weighted by molar-refractivity contribution is -0.140. The molecule has 136 valence electrons. The zero-order valence-electron chi connectivity index (χ0n) is 14.9. The van der Waals surface area contributed by atoms with Crippen molar-refractivity contribution in [1.29, 1.82) is 0 Å². The highest BCUT2D eigenvalue weighted by Gasteiger charge is 2.23. The molecule has 0 radical (unpaired) electrons. The molecule has 7 heteroatoms. The summed E-state index contributed by atoms with van der Waals surface area (Å²) in [5, 5.41) is 2.71. The Bertz CT molecular complexity index is 775. The third-order valence-electron chi connectivity index (χ3n) is 3.64. The Kier molecular flexibility index (Phi) is 6.43. The second kappa shape index (κ2) is 8.75. The first-order valence-corrected chi connectivity index (χ1v) is 8.09. The number of aryl methyl sites for hydroxylation is 1. The Labute approximate surface area is 152 Å². The van der Waals surface area contributed by atoms with Crippen molar-refractivity contribution in [3.8, 4) is 0 Å². The quantitative estimate of drug-likeness (QED) is 0.801. The van der Waals surface area contributed by atoms with Gasteiger partial charge in [0.15, 0.2) is 6.10 Å². The van der Waals surface area contributed by atoms with Crippen LogP contribution in [0.5, 0.6) is 0 Å². The Hall–Kier alpha value is -3.22. The summed E-state index contributed by atoms with van der Waals surface area (Å²) in [4.78, 5) is 41.4. The molecule has 26 heavy (non-hydrogen) atoms. The number of nitrogens with one attached hydrogen (secondary N) is 1. The Morgan fingerprint density at radius 1 is 1.12 bits per heavy atom. The molecule has 2 amide bonds. The molecule has 1 aromatic carbocycles. The number of likely N-dealkylation sites (N-methyl/N-ethyl adjacent to an activating group) is 1. The normalized spacial score (nSPS) is 11.3. The summed E-state index contributed by atoms with van der Waals surface area (Å²) in [6.07, 6.45) is 1.92. The molecule has 0 unspecified atom stereocenters. The maximum atomic E-state index is 12.3. The van der Waals surface area contributed by atoms with Crippen LogP contribution in [0.1, 0.15) is 22.8 Å². The third kappa shape index (κ3) is 5.41. The summed E-state index contributed by atoms with van der Waals surface area (Å²) >= 11 is 0. The van der Waals surface area contributed by atoms with E-state index in [0.717, 1.165) is 5.56 Å². The van der Waals surface area contributed by atoms with E-state index in [1.165, 1.54) is 43.4 Å². The van der Waals surface area contributed by atoms with Gasteiger partial charge in [0, 0.05) is 25.1 Å². The fraction of sp³-hybridized carbons (Fsp3) is 0.263. The molecule has 1 aromatic heterocycles. The van der Waals surface area contributed by atoms with E-state index in [1.54, 1.807) is 12.1 Å². The van der Waals surface area contributed by atoms with Gasteiger partial charge in [-0.2, -0.15) is 0 Å². The van der Waals surface area contributed by atoms with E-state index in [-0.39, 0.29) is 12.5 Å². The van der Waals surface area contributed by atoms with E-state index in [4.69, 9.17) is 4.74 Å². The number of aromatic nitrogens is 1. The summed E-state index contributed by atoms with van der Waals surface area (Å²) < 4.78 is 5.14. The Balaban J connectivity index is 1.86. The average molecular weight is 355 g/mol. The standard InChI is InChI=1S/C19H21N3O4/c1-13-4-6-16(7-5-13)21-17(23)12-22(3)18(24)14(2)26-19(25)15-8-10-20-11-9-15/h4-11,14H,12H2,1-3H3,(H,21,23)/t14-/m1/s1. The van der Waals surface area contributed by atoms with Crippen LogP contribution in [0.15, 0.2) is 48.8 Å². The van der Waals surface area contributed by atoms with Crippen LogP contribution < -0.4 is 5.32 Å². The number of carbonyl (C=O) groups is 3. The van der Waals surface area contributed by atoms with Crippen molar-refractivity contribution in [2.75, 3.05) is 18.9 Å². The summed E-state index contributed by atoms with van der Waals surface area (Å²) in [5.74, 6) is -1.42. The molecular formula is C19H21N3O4. The number of anilines is 1. The Morgan fingerprint density at radius 2 is 1.73 bits per heavy atom. The van der Waals surface area contributed by atoms with Crippen molar-refractivity contribution in [2.45, 2.75) is 20.0 Å². The van der Waals surface area contributed by atoms with E-state index in [0.29, 0.717) is 11.3 Å². The second-order valence-electron chi connectivity index (χ2n) is 5.89. The number of hydrogen-bond donors (Lipinski definition) is 1. The van der Waals surface area contributed by atoms with Crippen LogP contribution in [0.2, 0.25) is 0 Å². The molecule has 0 spiro atoms. The number of amides is 2. The number of pyridine rings is 1. The van der Waals surface area contributed by atoms with E-state index >= 15 is 0 Å². The van der Waals surface area contributed by atoms with Crippen LogP contribution in [-0.4, -0.2) is 47.4 Å². The monoisotopic (exact) mass is 355 g/mol. The summed E-state index contributed by atoms with van der Waals surface area (Å²) in [7, 11) is 1.48. The van der Waals surface area contributed by atoms with Crippen LogP contribution in [0.25, 0.3) is 0 Å². The van der Waals surface area contributed by atoms with Crippen molar-refractivity contribution >= 4 is 23.5 Å². The van der Waals surface area contributed by atoms with E-state index < -0.39 is 18.0 Å². The van der Waals surface area contributed by atoms with Crippen molar-refractivity contribution < 1.29 is 19.1 Å². The zero-order chi connectivity index (χ0) is 19.1. The number of ether oxygens (including phenoxy) is 1. The summed E-state index contributed by atoms with van der Waals surface area (Å²) in [5.41, 5.74) is 2.04. The van der Waals surface area contributed by atoms with Crippen molar-refractivity contribution in [3.05, 3.63) is 59.9 Å². The highest BCUT2D eigenvalue weighted by molar-refractivity contribution is 5.96. The van der Waals surface area contributed by atoms with Gasteiger partial charge in [0.25, 0.3) is 5.91 Å². The Morgan fingerprint density at radius 3 is 2.35 bits per heavy atom. The van der Waals surface area contributed by atoms with Gasteiger partial charge in [-0.1, -0.05) is 17.7 Å². The van der Waals surface area contributed by atoms with Gasteiger partial charge in [0.05, 0.1) is 12.1 Å². The number of nitrogens with zero attached hydrogens (tertiary/aromatic N) is 2. The molecule has 0 bridgehead atoms. The van der Waals surface area contributed by atoms with Crippen molar-refractivity contribution in [2.24, 2.45) is 0 Å². The maximum Gasteiger partial charge on any atom is 0.339 e. The van der Waals surface area contributed by atoms with Gasteiger partial charge in [-0.15, -0.1) is 0 Å². The molecule has 2 aromatic rings. The van der Waals surface area contributed by atoms with Crippen molar-refractivity contribution in [3.63, 3.8) is 0 Å². The lowest BCUT2D eigenvalue weighted by Crippen LogP contribution is -2.41. The van der Waals surface area contributed by atoms with Crippen LogP contribution in [0, 0.1) is 6.92 Å². The lowest BCUT2D eigenvalue weighted by Gasteiger charge is -2.21. The van der Waals surface area contributed by atoms with Gasteiger partial charge in [-0.3, -0.25) is 14.6 Å². The number of hydrogen-bond acceptors (Lipinski definition) is 5. The van der Waals surface area contributed by atoms with Crippen LogP contribution in [0.4, 0.5) is 5.69 Å². The van der Waals surface area contributed by atoms with Crippen molar-refractivity contribution in [1.82, 2.24) is 9.88 Å². The van der Waals surface area contributed by atoms with Crippen LogP contribution in [-0.2, 0) is 14.3 Å². The van der Waals surface area contributed by atoms with Crippen LogP contribution >= 0.6 is 0 Å². The first kappa shape index (κ1) is 19.1. The summed E-state index contributed by atoms with van der Waals surface area (Å²) in [6.45, 7) is 3.27. The predicted octanol–water partition coefficient (Wildman–Crippen LogP) is 2.03. The van der Waals surface area contributed by atoms with Crippen LogP contribution in [0.3, 0.4) is 0 Å². The highest BCUT2D eigenvalue weighted by atomic mass is 16.5. The fourth-order valence-electron chi connectivity index (χ4n) is 2.21. The smallest absolute Gasteiger partial charge is 0.339 e. The molecule has 1 atom stereocenters. The summed E-state index contributed by atoms with van der Waals surface area (Å²) in [6, 6.07) is 10.3. The minimum absolute atomic E-state index is 0.149. The van der Waals surface area contributed by atoms with Gasteiger partial charge in [-0.25, -0.2) is 4.79 Å². The first-order valence-electron chi connectivity index (χ1n) is 8.09. The maximum absolute atomic E-state index is 12.3. The predicted molar refractivity (Wildman–Crippen MR) is 96.6 cm³/mol. The van der Waals surface area contributed by atoms with Gasteiger partial charge < -0.3 is 15.0 Å². The van der Waals surface area contributed by atoms with E-state index in [9.17, 15) is 14.4 Å². The molecule has 0 aliphatic heterocycles. The van der Waals surface area contributed by atoms with E-state index in [1.807, 2.05) is 19.1 Å². The minimum Gasteiger partial charge on any atom is -0.449 e. The largest absolute Gasteiger partial charge is 0.449 e. The SMILES string of the molecule is Cc1ccc(NC(=O)CN(C)C(=O)[C@@H](C)OC(=O)c2ccncc2)cc1. The molecule has 0 saturated heterocycles. The first-order chi connectivity index (χ1) is 12.4. The van der Waals surface area contributed by atoms with Gasteiger partial charge in [0.1, 0.15) is 0 Å². The van der Waals surface area contributed by atoms with E-state index in [2.05, 4.69) is 10.3 Å². The number of benzene rings is 1. The molecule has 0 fully saturated rings. The zero-order valence-corrected chi connectivity index (χ0v) is 14.9. The molecular weight excluding hydrogens is 334 g/mol. The molecule has 0 saturated carbocycles. The fourth-order valence-corrected chi connectivity index (χ4v) is 2.21. The third-order valence-corrected chi connectivity index (χ3v) is 3.64. The number of rotatable bonds is 6. The lowest BCUT2D eigenvalue weighted by atomic mass is 10.2. The van der Waals surface area contributed by atoms with Gasteiger partial charge >= 0.3 is 5.97 Å². The highest BCUT2D eigenvalue weighted by Crippen LogP contribution is 2.09. The molecule has 0 aliphatic rings. The molecule has 2 rings (SSSR count). The average Bonchev–Trinajstić information content (AvgIpc) is 2.63. The van der Waals surface area contributed by atoms with Gasteiger partial charge in [-0.05, 0) is 38.1 Å². The number of esters is 1. The molecule has 7 nitrogen and oxygen atoms in total.